The Morgan fingerprint density at radius 2 is 1.94 bits per heavy atom. The molecule has 0 aromatic carbocycles. The van der Waals surface area contributed by atoms with E-state index in [4.69, 9.17) is 10.2 Å². The number of hydrogen-bond donors (Lipinski definition) is 4. The standard InChI is InChI=1S/C9H14N2O5/c1-2-3-4-10-9(16)11-6(8(14)15)5-7(12)13/h2,6H,1,3-5H2,(H,12,13)(H,14,15)(H2,10,11,16)/t6-/m1/s1. The molecule has 0 aliphatic heterocycles. The Morgan fingerprint density at radius 3 is 2.38 bits per heavy atom. The number of aliphatic carboxylic acids is 2. The van der Waals surface area contributed by atoms with Crippen molar-refractivity contribution in [1.29, 1.82) is 0 Å². The Labute approximate surface area is 92.1 Å². The lowest BCUT2D eigenvalue weighted by Gasteiger charge is -2.12. The van der Waals surface area contributed by atoms with Crippen LogP contribution in [0.3, 0.4) is 0 Å². The summed E-state index contributed by atoms with van der Waals surface area (Å²) < 4.78 is 0. The first-order valence-electron chi connectivity index (χ1n) is 4.57. The van der Waals surface area contributed by atoms with E-state index in [2.05, 4.69) is 11.9 Å². The second kappa shape index (κ2) is 7.27. The smallest absolute Gasteiger partial charge is 0.326 e. The van der Waals surface area contributed by atoms with Crippen molar-refractivity contribution in [3.05, 3.63) is 12.7 Å². The average Bonchev–Trinajstić information content (AvgIpc) is 2.16. The molecule has 0 aliphatic carbocycles. The van der Waals surface area contributed by atoms with Crippen LogP contribution in [0.1, 0.15) is 12.8 Å². The van der Waals surface area contributed by atoms with Gasteiger partial charge in [-0.15, -0.1) is 6.58 Å². The van der Waals surface area contributed by atoms with Crippen molar-refractivity contribution in [2.45, 2.75) is 18.9 Å². The maximum atomic E-state index is 11.1. The normalized spacial score (nSPS) is 11.2. The maximum Gasteiger partial charge on any atom is 0.326 e. The van der Waals surface area contributed by atoms with Crippen molar-refractivity contribution in [2.75, 3.05) is 6.54 Å². The van der Waals surface area contributed by atoms with Crippen LogP contribution in [0, 0.1) is 0 Å². The van der Waals surface area contributed by atoms with Gasteiger partial charge in [-0.25, -0.2) is 9.59 Å². The van der Waals surface area contributed by atoms with Crippen LogP contribution in [0.2, 0.25) is 0 Å². The lowest BCUT2D eigenvalue weighted by molar-refractivity contribution is -0.145. The second-order valence-electron chi connectivity index (χ2n) is 2.97. The highest BCUT2D eigenvalue weighted by molar-refractivity contribution is 5.86. The Kier molecular flexibility index (Phi) is 6.34. The van der Waals surface area contributed by atoms with Crippen LogP contribution in [0.4, 0.5) is 4.79 Å². The molecule has 16 heavy (non-hydrogen) atoms. The van der Waals surface area contributed by atoms with Crippen LogP contribution in [0.25, 0.3) is 0 Å². The highest BCUT2D eigenvalue weighted by Crippen LogP contribution is 1.92. The van der Waals surface area contributed by atoms with Crippen LogP contribution in [0.15, 0.2) is 12.7 Å². The van der Waals surface area contributed by atoms with Gasteiger partial charge in [0.15, 0.2) is 0 Å². The Balaban J connectivity index is 4.08. The van der Waals surface area contributed by atoms with E-state index in [9.17, 15) is 14.4 Å². The summed E-state index contributed by atoms with van der Waals surface area (Å²) in [5.74, 6) is -2.68. The minimum Gasteiger partial charge on any atom is -0.481 e. The number of rotatable bonds is 7. The Bertz CT molecular complexity index is 290. The van der Waals surface area contributed by atoms with Gasteiger partial charge < -0.3 is 20.8 Å². The van der Waals surface area contributed by atoms with Gasteiger partial charge in [0.05, 0.1) is 6.42 Å². The fourth-order valence-electron chi connectivity index (χ4n) is 0.872. The van der Waals surface area contributed by atoms with Crippen molar-refractivity contribution in [1.82, 2.24) is 10.6 Å². The summed E-state index contributed by atoms with van der Waals surface area (Å²) in [4.78, 5) is 32.0. The quantitative estimate of drug-likeness (QED) is 0.356. The van der Waals surface area contributed by atoms with Gasteiger partial charge >= 0.3 is 18.0 Å². The SMILES string of the molecule is C=CCCNC(=O)N[C@H](CC(=O)O)C(=O)O. The van der Waals surface area contributed by atoms with Gasteiger partial charge in [-0.2, -0.15) is 0 Å². The number of carbonyl (C=O) groups excluding carboxylic acids is 1. The molecule has 7 nitrogen and oxygen atoms in total. The number of carbonyl (C=O) groups is 3. The van der Waals surface area contributed by atoms with Gasteiger partial charge in [0.1, 0.15) is 6.04 Å². The first-order valence-corrected chi connectivity index (χ1v) is 4.57. The van der Waals surface area contributed by atoms with Crippen molar-refractivity contribution in [2.24, 2.45) is 0 Å². The topological polar surface area (TPSA) is 116 Å². The van der Waals surface area contributed by atoms with Crippen LogP contribution >= 0.6 is 0 Å². The van der Waals surface area contributed by atoms with Crippen molar-refractivity contribution in [3.8, 4) is 0 Å². The second-order valence-corrected chi connectivity index (χ2v) is 2.97. The fraction of sp³-hybridized carbons (Fsp3) is 0.444. The average molecular weight is 230 g/mol. The number of carboxylic acid groups (broad SMARTS) is 2. The van der Waals surface area contributed by atoms with Crippen molar-refractivity contribution < 1.29 is 24.6 Å². The third-order valence-corrected chi connectivity index (χ3v) is 1.62. The van der Waals surface area contributed by atoms with Gasteiger partial charge in [-0.05, 0) is 6.42 Å². The lowest BCUT2D eigenvalue weighted by atomic mass is 10.2. The van der Waals surface area contributed by atoms with E-state index in [1.165, 1.54) is 0 Å². The van der Waals surface area contributed by atoms with E-state index in [1.807, 2.05) is 5.32 Å². The predicted molar refractivity (Wildman–Crippen MR) is 55.0 cm³/mol. The van der Waals surface area contributed by atoms with Crippen molar-refractivity contribution >= 4 is 18.0 Å². The molecule has 0 heterocycles. The minimum atomic E-state index is -1.43. The van der Waals surface area contributed by atoms with Crippen molar-refractivity contribution in [3.63, 3.8) is 0 Å². The number of hydrogen-bond acceptors (Lipinski definition) is 3. The molecule has 0 rings (SSSR count). The van der Waals surface area contributed by atoms with E-state index < -0.39 is 30.4 Å². The van der Waals surface area contributed by atoms with E-state index in [-0.39, 0.29) is 0 Å². The molecule has 90 valence electrons. The van der Waals surface area contributed by atoms with Gasteiger partial charge in [-0.3, -0.25) is 4.79 Å². The Morgan fingerprint density at radius 1 is 1.31 bits per heavy atom. The van der Waals surface area contributed by atoms with Gasteiger partial charge in [0.2, 0.25) is 0 Å². The first kappa shape index (κ1) is 13.9. The molecule has 2 amide bonds. The summed E-state index contributed by atoms with van der Waals surface area (Å²) >= 11 is 0. The predicted octanol–water partition coefficient (Wildman–Crippen LogP) is -0.210. The molecule has 0 aromatic heterocycles. The van der Waals surface area contributed by atoms with E-state index in [0.29, 0.717) is 13.0 Å². The first-order chi connectivity index (χ1) is 7.47. The molecule has 0 aromatic rings. The molecule has 0 unspecified atom stereocenters. The molecule has 4 N–H and O–H groups in total. The van der Waals surface area contributed by atoms with Crippen LogP contribution in [-0.4, -0.2) is 40.8 Å². The molecule has 7 heteroatoms. The molecular weight excluding hydrogens is 216 g/mol. The number of amides is 2. The molecular formula is C9H14N2O5. The zero-order valence-electron chi connectivity index (χ0n) is 8.60. The van der Waals surface area contributed by atoms with E-state index >= 15 is 0 Å². The largest absolute Gasteiger partial charge is 0.481 e. The summed E-state index contributed by atoms with van der Waals surface area (Å²) in [6.45, 7) is 3.76. The highest BCUT2D eigenvalue weighted by Gasteiger charge is 2.22. The third kappa shape index (κ3) is 6.41. The summed E-state index contributed by atoms with van der Waals surface area (Å²) in [5, 5.41) is 21.4. The molecule has 1 atom stereocenters. The molecule has 0 spiro atoms. The third-order valence-electron chi connectivity index (χ3n) is 1.62. The molecule has 0 bridgehead atoms. The molecule has 0 radical (unpaired) electrons. The fourth-order valence-corrected chi connectivity index (χ4v) is 0.872. The number of carboxylic acids is 2. The number of urea groups is 1. The maximum absolute atomic E-state index is 11.1. The van der Waals surface area contributed by atoms with Crippen LogP contribution < -0.4 is 10.6 Å². The van der Waals surface area contributed by atoms with E-state index in [0.717, 1.165) is 0 Å². The molecule has 0 fully saturated rings. The van der Waals surface area contributed by atoms with Crippen LogP contribution in [0.5, 0.6) is 0 Å². The van der Waals surface area contributed by atoms with Crippen LogP contribution in [-0.2, 0) is 9.59 Å². The minimum absolute atomic E-state index is 0.314. The molecule has 0 saturated carbocycles. The van der Waals surface area contributed by atoms with Gasteiger partial charge in [0.25, 0.3) is 0 Å². The zero-order valence-corrected chi connectivity index (χ0v) is 8.60. The monoisotopic (exact) mass is 230 g/mol. The Hall–Kier alpha value is -2.05. The summed E-state index contributed by atoms with van der Waals surface area (Å²) in [5.41, 5.74) is 0. The molecule has 0 saturated heterocycles. The summed E-state index contributed by atoms with van der Waals surface area (Å²) in [6, 6.07) is -2.14. The highest BCUT2D eigenvalue weighted by atomic mass is 16.4. The zero-order chi connectivity index (χ0) is 12.6. The summed E-state index contributed by atoms with van der Waals surface area (Å²) in [7, 11) is 0. The van der Waals surface area contributed by atoms with Gasteiger partial charge in [-0.1, -0.05) is 6.08 Å². The number of nitrogens with one attached hydrogen (secondary N) is 2. The van der Waals surface area contributed by atoms with E-state index in [1.54, 1.807) is 6.08 Å². The summed E-state index contributed by atoms with van der Waals surface area (Å²) in [6.07, 6.45) is 1.47. The molecule has 0 aliphatic rings. The lowest BCUT2D eigenvalue weighted by Crippen LogP contribution is -2.47. The van der Waals surface area contributed by atoms with Gasteiger partial charge in [0, 0.05) is 6.54 Å².